The third-order valence-corrected chi connectivity index (χ3v) is 6.82. The molecule has 142 valence electrons. The van der Waals surface area contributed by atoms with Gasteiger partial charge in [-0.25, -0.2) is 8.42 Å². The second-order valence-electron chi connectivity index (χ2n) is 6.86. The maximum absolute atomic E-state index is 13.4. The van der Waals surface area contributed by atoms with Crippen molar-refractivity contribution >= 4 is 27.3 Å². The maximum atomic E-state index is 13.4. The fraction of sp³-hybridized carbons (Fsp3) is 0.350. The van der Waals surface area contributed by atoms with E-state index in [1.165, 1.54) is 17.5 Å². The lowest BCUT2D eigenvalue weighted by Crippen LogP contribution is -2.32. The Hall–Kier alpha value is -2.54. The molecule has 0 radical (unpaired) electrons. The molecule has 4 rings (SSSR count). The van der Waals surface area contributed by atoms with Crippen molar-refractivity contribution in [1.82, 2.24) is 0 Å². The largest absolute Gasteiger partial charge is 0.497 e. The third-order valence-electron chi connectivity index (χ3n) is 5.01. The van der Waals surface area contributed by atoms with Gasteiger partial charge in [0.25, 0.3) is 10.0 Å². The SMILES string of the molecule is COc1cccc(S(=O)(=O)N2CCCN(C(=O)C3CC3)c3ccccc32)c1. The minimum Gasteiger partial charge on any atom is -0.497 e. The van der Waals surface area contributed by atoms with Crippen molar-refractivity contribution in [3.8, 4) is 5.75 Å². The predicted octanol–water partition coefficient (Wildman–Crippen LogP) is 3.04. The summed E-state index contributed by atoms with van der Waals surface area (Å²) >= 11 is 0. The molecule has 2 aliphatic rings. The molecular weight excluding hydrogens is 364 g/mol. The van der Waals surface area contributed by atoms with Gasteiger partial charge < -0.3 is 9.64 Å². The molecule has 2 aromatic carbocycles. The molecule has 2 aromatic rings. The summed E-state index contributed by atoms with van der Waals surface area (Å²) in [7, 11) is -2.26. The average molecular weight is 386 g/mol. The van der Waals surface area contributed by atoms with Crippen LogP contribution in [0.1, 0.15) is 19.3 Å². The van der Waals surface area contributed by atoms with E-state index in [4.69, 9.17) is 4.74 Å². The van der Waals surface area contributed by atoms with Crippen molar-refractivity contribution in [2.45, 2.75) is 24.2 Å². The second-order valence-corrected chi connectivity index (χ2v) is 8.72. The Labute approximate surface area is 159 Å². The highest BCUT2D eigenvalue weighted by atomic mass is 32.2. The number of fused-ring (bicyclic) bond motifs is 1. The Bertz CT molecular complexity index is 969. The monoisotopic (exact) mass is 386 g/mol. The summed E-state index contributed by atoms with van der Waals surface area (Å²) in [5.41, 5.74) is 1.21. The van der Waals surface area contributed by atoms with Crippen molar-refractivity contribution in [3.63, 3.8) is 0 Å². The van der Waals surface area contributed by atoms with E-state index in [1.54, 1.807) is 35.2 Å². The molecule has 0 atom stereocenters. The summed E-state index contributed by atoms with van der Waals surface area (Å²) in [4.78, 5) is 14.7. The number of amides is 1. The second kappa shape index (κ2) is 6.88. The molecule has 1 heterocycles. The molecule has 1 aliphatic heterocycles. The van der Waals surface area contributed by atoms with E-state index < -0.39 is 10.0 Å². The molecule has 6 nitrogen and oxygen atoms in total. The van der Waals surface area contributed by atoms with Gasteiger partial charge in [-0.05, 0) is 43.5 Å². The van der Waals surface area contributed by atoms with E-state index in [0.717, 1.165) is 12.8 Å². The van der Waals surface area contributed by atoms with Gasteiger partial charge in [0.15, 0.2) is 0 Å². The van der Waals surface area contributed by atoms with E-state index >= 15 is 0 Å². The van der Waals surface area contributed by atoms with Crippen LogP contribution < -0.4 is 13.9 Å². The number of nitrogens with zero attached hydrogens (tertiary/aromatic N) is 2. The highest BCUT2D eigenvalue weighted by Gasteiger charge is 2.37. The summed E-state index contributed by atoms with van der Waals surface area (Å²) in [6.45, 7) is 0.849. The van der Waals surface area contributed by atoms with Crippen LogP contribution in [0, 0.1) is 5.92 Å². The molecule has 0 N–H and O–H groups in total. The van der Waals surface area contributed by atoms with Gasteiger partial charge >= 0.3 is 0 Å². The summed E-state index contributed by atoms with van der Waals surface area (Å²) in [6.07, 6.45) is 2.42. The minimum atomic E-state index is -3.77. The van der Waals surface area contributed by atoms with Crippen LogP contribution in [0.5, 0.6) is 5.75 Å². The lowest BCUT2D eigenvalue weighted by atomic mass is 10.2. The fourth-order valence-corrected chi connectivity index (χ4v) is 4.99. The number of methoxy groups -OCH3 is 1. The topological polar surface area (TPSA) is 66.9 Å². The molecule has 0 bridgehead atoms. The Morgan fingerprint density at radius 1 is 1.04 bits per heavy atom. The van der Waals surface area contributed by atoms with Crippen molar-refractivity contribution in [3.05, 3.63) is 48.5 Å². The summed E-state index contributed by atoms with van der Waals surface area (Å²) in [5, 5.41) is 0. The molecule has 0 saturated heterocycles. The predicted molar refractivity (Wildman–Crippen MR) is 104 cm³/mol. The number of carbonyl (C=O) groups is 1. The Morgan fingerprint density at radius 2 is 1.78 bits per heavy atom. The van der Waals surface area contributed by atoms with E-state index in [2.05, 4.69) is 0 Å². The lowest BCUT2D eigenvalue weighted by molar-refractivity contribution is -0.119. The summed E-state index contributed by atoms with van der Waals surface area (Å²) < 4.78 is 33.3. The number of hydrogen-bond acceptors (Lipinski definition) is 4. The first kappa shape index (κ1) is 17.9. The van der Waals surface area contributed by atoms with Crippen LogP contribution in [0.4, 0.5) is 11.4 Å². The van der Waals surface area contributed by atoms with Gasteiger partial charge in [-0.1, -0.05) is 18.2 Å². The van der Waals surface area contributed by atoms with Gasteiger partial charge in [0.2, 0.25) is 5.91 Å². The first-order chi connectivity index (χ1) is 13.0. The van der Waals surface area contributed by atoms with Crippen LogP contribution in [0.2, 0.25) is 0 Å². The smallest absolute Gasteiger partial charge is 0.264 e. The number of rotatable bonds is 4. The van der Waals surface area contributed by atoms with E-state index in [1.807, 2.05) is 12.1 Å². The van der Waals surface area contributed by atoms with Crippen LogP contribution in [0.15, 0.2) is 53.4 Å². The first-order valence-electron chi connectivity index (χ1n) is 9.09. The molecule has 1 aliphatic carbocycles. The Morgan fingerprint density at radius 3 is 2.48 bits per heavy atom. The number of ether oxygens (including phenoxy) is 1. The Kier molecular flexibility index (Phi) is 4.55. The molecule has 1 fully saturated rings. The van der Waals surface area contributed by atoms with Gasteiger partial charge in [0.05, 0.1) is 23.4 Å². The van der Waals surface area contributed by atoms with Crippen LogP contribution in [-0.4, -0.2) is 34.5 Å². The number of hydrogen-bond donors (Lipinski definition) is 0. The summed E-state index contributed by atoms with van der Waals surface area (Å²) in [5.74, 6) is 0.674. The number of carbonyl (C=O) groups excluding carboxylic acids is 1. The Balaban J connectivity index is 1.77. The van der Waals surface area contributed by atoms with Crippen LogP contribution >= 0.6 is 0 Å². The molecule has 7 heteroatoms. The maximum Gasteiger partial charge on any atom is 0.264 e. The minimum absolute atomic E-state index is 0.0830. The van der Waals surface area contributed by atoms with Crippen molar-refractivity contribution in [1.29, 1.82) is 0 Å². The zero-order valence-corrected chi connectivity index (χ0v) is 16.0. The van der Waals surface area contributed by atoms with Crippen LogP contribution in [0.25, 0.3) is 0 Å². The van der Waals surface area contributed by atoms with Crippen LogP contribution in [0.3, 0.4) is 0 Å². The fourth-order valence-electron chi connectivity index (χ4n) is 3.43. The number of para-hydroxylation sites is 2. The molecule has 0 spiro atoms. The normalized spacial score (nSPS) is 17.2. The molecule has 0 unspecified atom stereocenters. The van der Waals surface area contributed by atoms with Crippen molar-refractivity contribution < 1.29 is 17.9 Å². The van der Waals surface area contributed by atoms with Crippen molar-refractivity contribution in [2.75, 3.05) is 29.4 Å². The van der Waals surface area contributed by atoms with Gasteiger partial charge in [0, 0.05) is 25.1 Å². The van der Waals surface area contributed by atoms with Gasteiger partial charge in [-0.3, -0.25) is 9.10 Å². The molecule has 1 saturated carbocycles. The first-order valence-corrected chi connectivity index (χ1v) is 10.5. The van der Waals surface area contributed by atoms with E-state index in [9.17, 15) is 13.2 Å². The van der Waals surface area contributed by atoms with Gasteiger partial charge in [-0.15, -0.1) is 0 Å². The van der Waals surface area contributed by atoms with E-state index in [-0.39, 0.29) is 16.7 Å². The zero-order chi connectivity index (χ0) is 19.0. The molecule has 0 aromatic heterocycles. The van der Waals surface area contributed by atoms with Gasteiger partial charge in [-0.2, -0.15) is 0 Å². The zero-order valence-electron chi connectivity index (χ0n) is 15.2. The van der Waals surface area contributed by atoms with Crippen molar-refractivity contribution in [2.24, 2.45) is 5.92 Å². The highest BCUT2D eigenvalue weighted by Crippen LogP contribution is 2.39. The standard InChI is InChI=1S/C20H22N2O4S/c1-26-16-6-4-7-17(14-16)27(24,25)22-13-5-12-21(20(23)15-10-11-15)18-8-2-3-9-19(18)22/h2-4,6-9,14-15H,5,10-13H2,1H3. The summed E-state index contributed by atoms with van der Waals surface area (Å²) in [6, 6.07) is 13.7. The van der Waals surface area contributed by atoms with Gasteiger partial charge in [0.1, 0.15) is 5.75 Å². The molecular formula is C20H22N2O4S. The number of benzene rings is 2. The molecule has 1 amide bonds. The lowest BCUT2D eigenvalue weighted by Gasteiger charge is -2.26. The highest BCUT2D eigenvalue weighted by molar-refractivity contribution is 7.92. The number of sulfonamides is 1. The number of anilines is 2. The quantitative estimate of drug-likeness (QED) is 0.810. The average Bonchev–Trinajstić information content (AvgIpc) is 3.54. The molecule has 27 heavy (non-hydrogen) atoms. The van der Waals surface area contributed by atoms with Crippen LogP contribution in [-0.2, 0) is 14.8 Å². The third kappa shape index (κ3) is 3.27. The van der Waals surface area contributed by atoms with E-state index in [0.29, 0.717) is 36.6 Å².